The Morgan fingerprint density at radius 3 is 2.56 bits per heavy atom. The van der Waals surface area contributed by atoms with E-state index in [1.807, 2.05) is 27.7 Å². The summed E-state index contributed by atoms with van der Waals surface area (Å²) in [5, 5.41) is 0. The molecule has 0 radical (unpaired) electrons. The fourth-order valence-electron chi connectivity index (χ4n) is 2.39. The van der Waals surface area contributed by atoms with E-state index < -0.39 is 4.84 Å². The summed E-state index contributed by atoms with van der Waals surface area (Å²) in [5.74, 6) is -0.271. The summed E-state index contributed by atoms with van der Waals surface area (Å²) < 4.78 is 5.74. The molecule has 94 valence electrons. The van der Waals surface area contributed by atoms with Gasteiger partial charge < -0.3 is 9.64 Å². The molecule has 3 nitrogen and oxygen atoms in total. The lowest BCUT2D eigenvalue weighted by molar-refractivity contribution is -0.192. The van der Waals surface area contributed by atoms with Gasteiger partial charge in [-0.1, -0.05) is 30.1 Å². The Balaban J connectivity index is 2.95. The molecule has 0 aromatic heterocycles. The van der Waals surface area contributed by atoms with Gasteiger partial charge in [0.2, 0.25) is 0 Å². The second-order valence-corrected chi connectivity index (χ2v) is 5.93. The topological polar surface area (TPSA) is 29.5 Å². The predicted molar refractivity (Wildman–Crippen MR) is 65.7 cm³/mol. The second-order valence-electron chi connectivity index (χ2n) is 4.84. The van der Waals surface area contributed by atoms with Crippen LogP contribution in [0.3, 0.4) is 0 Å². The summed E-state index contributed by atoms with van der Waals surface area (Å²) in [6, 6.07) is 0. The predicted octanol–water partition coefficient (Wildman–Crippen LogP) is 2.94. The molecule has 0 N–H and O–H groups in total. The van der Waals surface area contributed by atoms with Gasteiger partial charge in [-0.15, -0.1) is 0 Å². The number of alkyl halides is 2. The van der Waals surface area contributed by atoms with Crippen molar-refractivity contribution in [1.82, 2.24) is 4.90 Å². The van der Waals surface area contributed by atoms with Crippen molar-refractivity contribution >= 4 is 29.1 Å². The molecule has 5 heteroatoms. The molecule has 1 saturated heterocycles. The number of ether oxygens (including phenoxy) is 1. The van der Waals surface area contributed by atoms with Crippen LogP contribution in [0, 0.1) is 0 Å². The molecule has 2 unspecified atom stereocenters. The first kappa shape index (κ1) is 14.1. The Morgan fingerprint density at radius 1 is 1.56 bits per heavy atom. The van der Waals surface area contributed by atoms with E-state index in [4.69, 9.17) is 27.9 Å². The van der Waals surface area contributed by atoms with Crippen LogP contribution in [-0.4, -0.2) is 33.5 Å². The Labute approximate surface area is 107 Å². The molecule has 0 aromatic rings. The first-order valence-corrected chi connectivity index (χ1v) is 6.43. The van der Waals surface area contributed by atoms with Crippen molar-refractivity contribution in [3.05, 3.63) is 0 Å². The standard InChI is InChI=1S/C11H19Cl2NO2/c1-5-8-14(10(15)9(12)13)11(3,4)6-7(2)16-8/h7-9H,5-6H2,1-4H3. The van der Waals surface area contributed by atoms with Crippen LogP contribution in [0.2, 0.25) is 0 Å². The van der Waals surface area contributed by atoms with E-state index in [1.54, 1.807) is 4.90 Å². The highest BCUT2D eigenvalue weighted by Gasteiger charge is 2.43. The van der Waals surface area contributed by atoms with Gasteiger partial charge in [-0.2, -0.15) is 0 Å². The lowest BCUT2D eigenvalue weighted by Crippen LogP contribution is -2.60. The van der Waals surface area contributed by atoms with Gasteiger partial charge in [0.25, 0.3) is 5.91 Å². The molecule has 0 bridgehead atoms. The van der Waals surface area contributed by atoms with Crippen molar-refractivity contribution in [2.24, 2.45) is 0 Å². The van der Waals surface area contributed by atoms with E-state index >= 15 is 0 Å². The monoisotopic (exact) mass is 267 g/mol. The number of nitrogens with zero attached hydrogens (tertiary/aromatic N) is 1. The van der Waals surface area contributed by atoms with Crippen LogP contribution in [0.25, 0.3) is 0 Å². The molecule has 0 aliphatic carbocycles. The summed E-state index contributed by atoms with van der Waals surface area (Å²) in [6.45, 7) is 8.03. The van der Waals surface area contributed by atoms with Crippen molar-refractivity contribution in [2.45, 2.75) is 63.2 Å². The van der Waals surface area contributed by atoms with Gasteiger partial charge >= 0.3 is 0 Å². The van der Waals surface area contributed by atoms with Crippen molar-refractivity contribution < 1.29 is 9.53 Å². The molecule has 1 rings (SSSR count). The number of carbonyl (C=O) groups excluding carboxylic acids is 1. The zero-order chi connectivity index (χ0) is 12.5. The molecule has 1 aliphatic rings. The Hall–Kier alpha value is 0.01000. The van der Waals surface area contributed by atoms with E-state index in [-0.39, 0.29) is 23.8 Å². The van der Waals surface area contributed by atoms with Crippen LogP contribution < -0.4 is 0 Å². The van der Waals surface area contributed by atoms with Gasteiger partial charge in [0.15, 0.2) is 4.84 Å². The van der Waals surface area contributed by atoms with E-state index in [9.17, 15) is 4.79 Å². The quantitative estimate of drug-likeness (QED) is 0.721. The van der Waals surface area contributed by atoms with Crippen molar-refractivity contribution in [3.8, 4) is 0 Å². The van der Waals surface area contributed by atoms with Gasteiger partial charge in [0.1, 0.15) is 6.23 Å². The molecule has 0 spiro atoms. The third-order valence-electron chi connectivity index (χ3n) is 2.89. The Kier molecular flexibility index (Phi) is 4.49. The molecule has 1 heterocycles. The smallest absolute Gasteiger partial charge is 0.258 e. The number of carbonyl (C=O) groups is 1. The molecular weight excluding hydrogens is 249 g/mol. The maximum absolute atomic E-state index is 12.0. The van der Waals surface area contributed by atoms with Crippen LogP contribution in [0.5, 0.6) is 0 Å². The van der Waals surface area contributed by atoms with Gasteiger partial charge in [0, 0.05) is 5.54 Å². The maximum atomic E-state index is 12.0. The number of rotatable bonds is 2. The molecule has 2 atom stereocenters. The van der Waals surface area contributed by atoms with Crippen molar-refractivity contribution in [2.75, 3.05) is 0 Å². The van der Waals surface area contributed by atoms with Crippen LogP contribution in [0.4, 0.5) is 0 Å². The number of amides is 1. The minimum atomic E-state index is -1.02. The van der Waals surface area contributed by atoms with E-state index in [0.29, 0.717) is 0 Å². The number of halogens is 2. The molecule has 1 aliphatic heterocycles. The van der Waals surface area contributed by atoms with Crippen molar-refractivity contribution in [1.29, 1.82) is 0 Å². The molecule has 1 fully saturated rings. The second kappa shape index (κ2) is 5.11. The summed E-state index contributed by atoms with van der Waals surface area (Å²) in [4.78, 5) is 12.6. The molecular formula is C11H19Cl2NO2. The van der Waals surface area contributed by atoms with Gasteiger partial charge in [0.05, 0.1) is 6.10 Å². The van der Waals surface area contributed by atoms with E-state index in [1.165, 1.54) is 0 Å². The number of hydrogen-bond acceptors (Lipinski definition) is 2. The van der Waals surface area contributed by atoms with Crippen LogP contribution in [-0.2, 0) is 9.53 Å². The summed E-state index contributed by atoms with van der Waals surface area (Å²) in [5.41, 5.74) is -0.266. The lowest BCUT2D eigenvalue weighted by Gasteiger charge is -2.49. The highest BCUT2D eigenvalue weighted by molar-refractivity contribution is 6.53. The highest BCUT2D eigenvalue weighted by Crippen LogP contribution is 2.33. The third kappa shape index (κ3) is 2.82. The molecule has 16 heavy (non-hydrogen) atoms. The third-order valence-corrected chi connectivity index (χ3v) is 3.26. The summed E-state index contributed by atoms with van der Waals surface area (Å²) in [7, 11) is 0. The lowest BCUT2D eigenvalue weighted by atomic mass is 9.92. The van der Waals surface area contributed by atoms with Crippen LogP contribution in [0.1, 0.15) is 40.5 Å². The largest absolute Gasteiger partial charge is 0.355 e. The normalized spacial score (nSPS) is 29.6. The first-order valence-electron chi connectivity index (χ1n) is 5.56. The van der Waals surface area contributed by atoms with Crippen LogP contribution >= 0.6 is 23.2 Å². The number of hydrogen-bond donors (Lipinski definition) is 0. The highest BCUT2D eigenvalue weighted by atomic mass is 35.5. The van der Waals surface area contributed by atoms with Gasteiger partial charge in [-0.25, -0.2) is 0 Å². The molecule has 0 aromatic carbocycles. The first-order chi connectivity index (χ1) is 7.29. The van der Waals surface area contributed by atoms with Gasteiger partial charge in [-0.05, 0) is 33.6 Å². The average Bonchev–Trinajstić information content (AvgIpc) is 2.13. The minimum Gasteiger partial charge on any atom is -0.355 e. The van der Waals surface area contributed by atoms with Gasteiger partial charge in [-0.3, -0.25) is 4.79 Å². The SMILES string of the molecule is CCC1OC(C)CC(C)(C)N1C(=O)C(Cl)Cl. The Bertz CT molecular complexity index is 269. The zero-order valence-corrected chi connectivity index (χ0v) is 11.7. The summed E-state index contributed by atoms with van der Waals surface area (Å²) in [6.07, 6.45) is 1.44. The van der Waals surface area contributed by atoms with Crippen LogP contribution in [0.15, 0.2) is 0 Å². The molecule has 1 amide bonds. The zero-order valence-electron chi connectivity index (χ0n) is 10.2. The fraction of sp³-hybridized carbons (Fsp3) is 0.909. The molecule has 0 saturated carbocycles. The average molecular weight is 268 g/mol. The van der Waals surface area contributed by atoms with E-state index in [2.05, 4.69) is 0 Å². The fourth-order valence-corrected chi connectivity index (χ4v) is 2.60. The maximum Gasteiger partial charge on any atom is 0.258 e. The van der Waals surface area contributed by atoms with Crippen molar-refractivity contribution in [3.63, 3.8) is 0 Å². The minimum absolute atomic E-state index is 0.146. The summed E-state index contributed by atoms with van der Waals surface area (Å²) >= 11 is 11.3. The Morgan fingerprint density at radius 2 is 2.12 bits per heavy atom. The van der Waals surface area contributed by atoms with E-state index in [0.717, 1.165) is 12.8 Å².